The third kappa shape index (κ3) is 3.67. The highest BCUT2D eigenvalue weighted by Crippen LogP contribution is 2.22. The van der Waals surface area contributed by atoms with Crippen molar-refractivity contribution in [3.05, 3.63) is 23.8 Å². The number of rotatable bonds is 5. The van der Waals surface area contributed by atoms with Crippen LogP contribution in [0.4, 0.5) is 5.69 Å². The molecule has 0 aliphatic heterocycles. The van der Waals surface area contributed by atoms with Crippen LogP contribution in [0.2, 0.25) is 0 Å². The first kappa shape index (κ1) is 12.8. The van der Waals surface area contributed by atoms with Crippen LogP contribution in [0.1, 0.15) is 5.56 Å². The Kier molecular flexibility index (Phi) is 4.80. The van der Waals surface area contributed by atoms with E-state index in [1.165, 1.54) is 0 Å². The first-order valence-corrected chi connectivity index (χ1v) is 5.10. The molecule has 2 N–H and O–H groups in total. The maximum atomic E-state index is 8.63. The lowest BCUT2D eigenvalue weighted by Crippen LogP contribution is -2.23. The number of methoxy groups -OCH3 is 1. The minimum atomic E-state index is 0.222. The average molecular weight is 230 g/mol. The highest BCUT2D eigenvalue weighted by Gasteiger charge is 2.06. The number of nitriles is 2. The Labute approximate surface area is 101 Å². The molecule has 0 radical (unpaired) electrons. The molecule has 88 valence electrons. The minimum absolute atomic E-state index is 0.222. The van der Waals surface area contributed by atoms with Gasteiger partial charge in [-0.05, 0) is 17.7 Å². The molecule has 0 aliphatic carbocycles. The van der Waals surface area contributed by atoms with Crippen LogP contribution in [0.3, 0.4) is 0 Å². The van der Waals surface area contributed by atoms with Crippen molar-refractivity contribution < 1.29 is 4.74 Å². The second-order valence-electron chi connectivity index (χ2n) is 3.54. The number of hydrogen-bond donors (Lipinski definition) is 1. The molecular weight excluding hydrogens is 216 g/mol. The van der Waals surface area contributed by atoms with Gasteiger partial charge in [-0.3, -0.25) is 4.90 Å². The van der Waals surface area contributed by atoms with Crippen LogP contribution in [0.15, 0.2) is 18.2 Å². The molecule has 17 heavy (non-hydrogen) atoms. The van der Waals surface area contributed by atoms with E-state index in [2.05, 4.69) is 0 Å². The first-order chi connectivity index (χ1) is 8.21. The van der Waals surface area contributed by atoms with Gasteiger partial charge < -0.3 is 10.5 Å². The quantitative estimate of drug-likeness (QED) is 0.605. The van der Waals surface area contributed by atoms with Gasteiger partial charge in [-0.1, -0.05) is 6.07 Å². The fraction of sp³-hybridized carbons (Fsp3) is 0.333. The number of anilines is 1. The molecule has 5 heteroatoms. The van der Waals surface area contributed by atoms with Gasteiger partial charge in [-0.25, -0.2) is 0 Å². The Balaban J connectivity index is 2.77. The van der Waals surface area contributed by atoms with Gasteiger partial charge in [-0.15, -0.1) is 0 Å². The minimum Gasteiger partial charge on any atom is -0.495 e. The van der Waals surface area contributed by atoms with E-state index in [1.807, 2.05) is 18.2 Å². The third-order valence-electron chi connectivity index (χ3n) is 2.29. The van der Waals surface area contributed by atoms with E-state index in [0.29, 0.717) is 18.0 Å². The monoisotopic (exact) mass is 230 g/mol. The summed E-state index contributed by atoms with van der Waals surface area (Å²) in [7, 11) is 1.56. The summed E-state index contributed by atoms with van der Waals surface area (Å²) in [4.78, 5) is 1.74. The smallest absolute Gasteiger partial charge is 0.141 e. The molecule has 0 unspecified atom stereocenters. The molecule has 0 spiro atoms. The predicted octanol–water partition coefficient (Wildman–Crippen LogP) is 1.13. The van der Waals surface area contributed by atoms with E-state index in [-0.39, 0.29) is 13.1 Å². The second-order valence-corrected chi connectivity index (χ2v) is 3.54. The van der Waals surface area contributed by atoms with E-state index < -0.39 is 0 Å². The summed E-state index contributed by atoms with van der Waals surface area (Å²) in [6.45, 7) is 0.967. The van der Waals surface area contributed by atoms with Crippen LogP contribution in [-0.4, -0.2) is 25.1 Å². The zero-order valence-corrected chi connectivity index (χ0v) is 9.68. The van der Waals surface area contributed by atoms with Gasteiger partial charge in [0.15, 0.2) is 0 Å². The SMILES string of the molecule is COc1ccc(CN(CC#N)CC#N)cc1N. The Bertz CT molecular complexity index is 443. The van der Waals surface area contributed by atoms with Gasteiger partial charge in [0.25, 0.3) is 0 Å². The lowest BCUT2D eigenvalue weighted by Gasteiger charge is -2.16. The molecule has 0 atom stereocenters. The van der Waals surface area contributed by atoms with Gasteiger partial charge in [0.1, 0.15) is 5.75 Å². The number of hydrogen-bond acceptors (Lipinski definition) is 5. The third-order valence-corrected chi connectivity index (χ3v) is 2.29. The summed E-state index contributed by atoms with van der Waals surface area (Å²) in [5.74, 6) is 0.626. The largest absolute Gasteiger partial charge is 0.495 e. The topological polar surface area (TPSA) is 86.1 Å². The molecule has 0 aromatic heterocycles. The Hall–Kier alpha value is -2.24. The standard InChI is InChI=1S/C12H14N4O/c1-17-12-3-2-10(8-11(12)15)9-16(6-4-13)7-5-14/h2-3,8H,6-7,9,15H2,1H3. The molecule has 0 saturated heterocycles. The van der Waals surface area contributed by atoms with Crippen molar-refractivity contribution in [1.82, 2.24) is 4.90 Å². The summed E-state index contributed by atoms with van der Waals surface area (Å²) in [5.41, 5.74) is 7.29. The van der Waals surface area contributed by atoms with Crippen molar-refractivity contribution in [2.45, 2.75) is 6.54 Å². The van der Waals surface area contributed by atoms with Crippen LogP contribution < -0.4 is 10.5 Å². The molecule has 1 aromatic rings. The van der Waals surface area contributed by atoms with Crippen LogP contribution in [0.25, 0.3) is 0 Å². The zero-order valence-electron chi connectivity index (χ0n) is 9.68. The number of benzene rings is 1. The molecular formula is C12H14N4O. The normalized spacial score (nSPS) is 9.65. The number of nitrogens with two attached hydrogens (primary N) is 1. The summed E-state index contributed by atoms with van der Waals surface area (Å²) in [6, 6.07) is 9.50. The van der Waals surface area contributed by atoms with Crippen molar-refractivity contribution in [1.29, 1.82) is 10.5 Å². The fourth-order valence-corrected chi connectivity index (χ4v) is 1.51. The van der Waals surface area contributed by atoms with E-state index in [1.54, 1.807) is 24.1 Å². The Morgan fingerprint density at radius 3 is 2.41 bits per heavy atom. The highest BCUT2D eigenvalue weighted by molar-refractivity contribution is 5.54. The summed E-state index contributed by atoms with van der Waals surface area (Å²) in [5, 5.41) is 17.3. The van der Waals surface area contributed by atoms with Crippen molar-refractivity contribution in [2.24, 2.45) is 0 Å². The number of nitrogen functional groups attached to an aromatic ring is 1. The lowest BCUT2D eigenvalue weighted by molar-refractivity contribution is 0.334. The van der Waals surface area contributed by atoms with Crippen molar-refractivity contribution in [2.75, 3.05) is 25.9 Å². The average Bonchev–Trinajstić information content (AvgIpc) is 2.30. The van der Waals surface area contributed by atoms with E-state index in [9.17, 15) is 0 Å². The van der Waals surface area contributed by atoms with Crippen molar-refractivity contribution >= 4 is 5.69 Å². The molecule has 0 amide bonds. The van der Waals surface area contributed by atoms with Gasteiger partial charge in [-0.2, -0.15) is 10.5 Å². The van der Waals surface area contributed by atoms with Crippen LogP contribution in [0, 0.1) is 22.7 Å². The molecule has 0 heterocycles. The number of ether oxygens (including phenoxy) is 1. The van der Waals surface area contributed by atoms with Gasteiger partial charge >= 0.3 is 0 Å². The molecule has 0 bridgehead atoms. The fourth-order valence-electron chi connectivity index (χ4n) is 1.51. The molecule has 0 aliphatic rings. The molecule has 5 nitrogen and oxygen atoms in total. The maximum absolute atomic E-state index is 8.63. The Morgan fingerprint density at radius 2 is 1.94 bits per heavy atom. The Morgan fingerprint density at radius 1 is 1.29 bits per heavy atom. The maximum Gasteiger partial charge on any atom is 0.141 e. The zero-order chi connectivity index (χ0) is 12.7. The van der Waals surface area contributed by atoms with Gasteiger partial charge in [0.05, 0.1) is 38.0 Å². The van der Waals surface area contributed by atoms with Crippen LogP contribution in [0.5, 0.6) is 5.75 Å². The lowest BCUT2D eigenvalue weighted by atomic mass is 10.1. The summed E-state index contributed by atoms with van der Waals surface area (Å²) >= 11 is 0. The van der Waals surface area contributed by atoms with Crippen molar-refractivity contribution in [3.63, 3.8) is 0 Å². The second kappa shape index (κ2) is 6.37. The molecule has 0 saturated carbocycles. The van der Waals surface area contributed by atoms with Crippen LogP contribution >= 0.6 is 0 Å². The summed E-state index contributed by atoms with van der Waals surface area (Å²) in [6.07, 6.45) is 0. The van der Waals surface area contributed by atoms with Crippen molar-refractivity contribution in [3.8, 4) is 17.9 Å². The van der Waals surface area contributed by atoms with E-state index >= 15 is 0 Å². The van der Waals surface area contributed by atoms with E-state index in [0.717, 1.165) is 5.56 Å². The molecule has 0 fully saturated rings. The molecule has 1 aromatic carbocycles. The molecule has 1 rings (SSSR count). The predicted molar refractivity (Wildman–Crippen MR) is 63.9 cm³/mol. The van der Waals surface area contributed by atoms with Gasteiger partial charge in [0, 0.05) is 6.54 Å². The highest BCUT2D eigenvalue weighted by atomic mass is 16.5. The van der Waals surface area contributed by atoms with E-state index in [4.69, 9.17) is 21.0 Å². The number of nitrogens with zero attached hydrogens (tertiary/aromatic N) is 3. The van der Waals surface area contributed by atoms with Crippen LogP contribution in [-0.2, 0) is 6.54 Å². The first-order valence-electron chi connectivity index (χ1n) is 5.10. The summed E-state index contributed by atoms with van der Waals surface area (Å²) < 4.78 is 5.06. The van der Waals surface area contributed by atoms with Gasteiger partial charge in [0.2, 0.25) is 0 Å².